The smallest absolute Gasteiger partial charge is 0.229 e. The third-order valence-corrected chi connectivity index (χ3v) is 3.99. The van der Waals surface area contributed by atoms with Crippen molar-refractivity contribution >= 4 is 5.82 Å². The van der Waals surface area contributed by atoms with Crippen LogP contribution in [0.1, 0.15) is 48.4 Å². The monoisotopic (exact) mass is 302 g/mol. The highest BCUT2D eigenvalue weighted by atomic mass is 16.5. The highest BCUT2D eigenvalue weighted by Gasteiger charge is 2.25. The summed E-state index contributed by atoms with van der Waals surface area (Å²) >= 11 is 0. The van der Waals surface area contributed by atoms with Crippen LogP contribution in [0, 0.1) is 6.92 Å². The van der Waals surface area contributed by atoms with Crippen LogP contribution in [0.2, 0.25) is 0 Å². The topological polar surface area (TPSA) is 94.0 Å². The number of anilines is 1. The van der Waals surface area contributed by atoms with Gasteiger partial charge in [-0.25, -0.2) is 9.97 Å². The molecule has 1 saturated carbocycles. The van der Waals surface area contributed by atoms with Crippen LogP contribution in [0.25, 0.3) is 0 Å². The molecule has 2 aromatic rings. The van der Waals surface area contributed by atoms with E-state index >= 15 is 0 Å². The van der Waals surface area contributed by atoms with Gasteiger partial charge in [-0.3, -0.25) is 0 Å². The first-order chi connectivity index (χ1) is 10.7. The van der Waals surface area contributed by atoms with Gasteiger partial charge in [-0.05, 0) is 26.3 Å². The van der Waals surface area contributed by atoms with Gasteiger partial charge < -0.3 is 15.2 Å². The summed E-state index contributed by atoms with van der Waals surface area (Å²) < 4.78 is 5.35. The molecule has 1 fully saturated rings. The van der Waals surface area contributed by atoms with Crippen LogP contribution >= 0.6 is 0 Å². The molecule has 3 rings (SSSR count). The van der Waals surface area contributed by atoms with E-state index in [0.29, 0.717) is 24.8 Å². The number of hydrogen-bond acceptors (Lipinski definition) is 7. The summed E-state index contributed by atoms with van der Waals surface area (Å²) in [5.74, 6) is 3.53. The Morgan fingerprint density at radius 3 is 2.82 bits per heavy atom. The van der Waals surface area contributed by atoms with E-state index in [1.54, 1.807) is 0 Å². The Hall–Kier alpha value is -2.02. The average Bonchev–Trinajstić information content (AvgIpc) is 2.84. The van der Waals surface area contributed by atoms with E-state index in [9.17, 15) is 0 Å². The molecule has 0 aliphatic heterocycles. The van der Waals surface area contributed by atoms with Gasteiger partial charge in [-0.2, -0.15) is 4.98 Å². The minimum absolute atomic E-state index is 0.462. The van der Waals surface area contributed by atoms with Gasteiger partial charge >= 0.3 is 0 Å². The summed E-state index contributed by atoms with van der Waals surface area (Å²) in [5, 5.41) is 4.07. The van der Waals surface area contributed by atoms with Crippen LogP contribution in [-0.4, -0.2) is 33.7 Å². The molecular formula is C15H22N6O. The fraction of sp³-hybridized carbons (Fsp3) is 0.600. The summed E-state index contributed by atoms with van der Waals surface area (Å²) in [4.78, 5) is 15.4. The zero-order chi connectivity index (χ0) is 15.5. The summed E-state index contributed by atoms with van der Waals surface area (Å²) in [7, 11) is 1.97. The maximum Gasteiger partial charge on any atom is 0.229 e. The van der Waals surface area contributed by atoms with Crippen molar-refractivity contribution in [2.45, 2.75) is 45.1 Å². The molecule has 0 bridgehead atoms. The van der Waals surface area contributed by atoms with Crippen LogP contribution in [0.4, 0.5) is 5.82 Å². The number of nitrogens with two attached hydrogens (primary N) is 1. The Bertz CT molecular complexity index is 637. The first-order valence-corrected chi connectivity index (χ1v) is 7.74. The number of aromatic nitrogens is 4. The van der Waals surface area contributed by atoms with Gasteiger partial charge in [0.2, 0.25) is 5.89 Å². The Labute approximate surface area is 129 Å². The minimum atomic E-state index is 0.462. The second kappa shape index (κ2) is 6.39. The molecule has 118 valence electrons. The Morgan fingerprint density at radius 2 is 2.14 bits per heavy atom. The zero-order valence-corrected chi connectivity index (χ0v) is 13.1. The Kier molecular flexibility index (Phi) is 4.33. The van der Waals surface area contributed by atoms with Crippen molar-refractivity contribution in [3.05, 3.63) is 29.3 Å². The molecule has 2 heterocycles. The molecule has 7 heteroatoms. The third kappa shape index (κ3) is 3.24. The standard InChI is InChI=1S/C15H22N6O/c1-10-17-12(6-7-16)8-14(18-10)21(2)9-13-19-15(22-20-13)11-4-3-5-11/h8,11H,3-7,9,16H2,1-2H3. The van der Waals surface area contributed by atoms with Crippen molar-refractivity contribution < 1.29 is 4.52 Å². The largest absolute Gasteiger partial charge is 0.352 e. The second-order valence-electron chi connectivity index (χ2n) is 5.84. The fourth-order valence-electron chi connectivity index (χ4n) is 2.53. The van der Waals surface area contributed by atoms with E-state index in [1.807, 2.05) is 24.9 Å². The van der Waals surface area contributed by atoms with Gasteiger partial charge in [-0.15, -0.1) is 0 Å². The predicted octanol–water partition coefficient (Wildman–Crippen LogP) is 1.57. The molecule has 0 amide bonds. The number of aryl methyl sites for hydroxylation is 1. The third-order valence-electron chi connectivity index (χ3n) is 3.99. The molecule has 7 nitrogen and oxygen atoms in total. The Balaban J connectivity index is 1.70. The number of hydrogen-bond donors (Lipinski definition) is 1. The van der Waals surface area contributed by atoms with Crippen molar-refractivity contribution in [2.75, 3.05) is 18.5 Å². The number of nitrogens with zero attached hydrogens (tertiary/aromatic N) is 5. The maximum atomic E-state index is 5.60. The molecule has 0 unspecified atom stereocenters. The van der Waals surface area contributed by atoms with E-state index in [4.69, 9.17) is 10.3 Å². The van der Waals surface area contributed by atoms with E-state index in [-0.39, 0.29) is 0 Å². The van der Waals surface area contributed by atoms with Gasteiger partial charge in [0.1, 0.15) is 11.6 Å². The highest BCUT2D eigenvalue weighted by Crippen LogP contribution is 2.35. The van der Waals surface area contributed by atoms with E-state index < -0.39 is 0 Å². The lowest BCUT2D eigenvalue weighted by molar-refractivity contribution is 0.291. The van der Waals surface area contributed by atoms with Crippen molar-refractivity contribution in [3.8, 4) is 0 Å². The molecule has 22 heavy (non-hydrogen) atoms. The molecule has 1 aliphatic rings. The lowest BCUT2D eigenvalue weighted by atomic mass is 9.85. The lowest BCUT2D eigenvalue weighted by Gasteiger charge is -2.20. The molecule has 0 saturated heterocycles. The van der Waals surface area contributed by atoms with Crippen LogP contribution in [0.3, 0.4) is 0 Å². The van der Waals surface area contributed by atoms with Gasteiger partial charge in [0.25, 0.3) is 0 Å². The summed E-state index contributed by atoms with van der Waals surface area (Å²) in [5.41, 5.74) is 6.56. The van der Waals surface area contributed by atoms with Gasteiger partial charge in [0, 0.05) is 31.1 Å². The fourth-order valence-corrected chi connectivity index (χ4v) is 2.53. The average molecular weight is 302 g/mol. The quantitative estimate of drug-likeness (QED) is 0.865. The SMILES string of the molecule is Cc1nc(CCN)cc(N(C)Cc2noc(C3CCC3)n2)n1. The number of rotatable bonds is 6. The maximum absolute atomic E-state index is 5.60. The van der Waals surface area contributed by atoms with Crippen LogP contribution in [0.15, 0.2) is 10.6 Å². The van der Waals surface area contributed by atoms with E-state index in [0.717, 1.165) is 42.5 Å². The molecule has 0 atom stereocenters. The highest BCUT2D eigenvalue weighted by molar-refractivity contribution is 5.39. The second-order valence-corrected chi connectivity index (χ2v) is 5.84. The summed E-state index contributed by atoms with van der Waals surface area (Å²) in [6.45, 7) is 3.03. The van der Waals surface area contributed by atoms with Crippen LogP contribution < -0.4 is 10.6 Å². The van der Waals surface area contributed by atoms with Crippen LogP contribution in [-0.2, 0) is 13.0 Å². The van der Waals surface area contributed by atoms with E-state index in [2.05, 4.69) is 20.1 Å². The van der Waals surface area contributed by atoms with E-state index in [1.165, 1.54) is 6.42 Å². The summed E-state index contributed by atoms with van der Waals surface area (Å²) in [6, 6.07) is 1.97. The van der Waals surface area contributed by atoms with Crippen LogP contribution in [0.5, 0.6) is 0 Å². The van der Waals surface area contributed by atoms with Gasteiger partial charge in [0.05, 0.1) is 6.54 Å². The predicted molar refractivity (Wildman–Crippen MR) is 82.5 cm³/mol. The van der Waals surface area contributed by atoms with Crippen molar-refractivity contribution in [1.29, 1.82) is 0 Å². The lowest BCUT2D eigenvalue weighted by Crippen LogP contribution is -2.20. The molecule has 0 spiro atoms. The Morgan fingerprint density at radius 1 is 1.32 bits per heavy atom. The van der Waals surface area contributed by atoms with Crippen molar-refractivity contribution in [1.82, 2.24) is 20.1 Å². The molecule has 0 radical (unpaired) electrons. The normalized spacial score (nSPS) is 14.9. The molecule has 1 aliphatic carbocycles. The molecule has 2 N–H and O–H groups in total. The molecular weight excluding hydrogens is 280 g/mol. The minimum Gasteiger partial charge on any atom is -0.352 e. The molecule has 0 aromatic carbocycles. The first kappa shape index (κ1) is 14.9. The van der Waals surface area contributed by atoms with Crippen molar-refractivity contribution in [2.24, 2.45) is 5.73 Å². The molecule has 2 aromatic heterocycles. The zero-order valence-electron chi connectivity index (χ0n) is 13.1. The van der Waals surface area contributed by atoms with Crippen molar-refractivity contribution in [3.63, 3.8) is 0 Å². The first-order valence-electron chi connectivity index (χ1n) is 7.74. The summed E-state index contributed by atoms with van der Waals surface area (Å²) in [6.07, 6.45) is 4.32. The van der Waals surface area contributed by atoms with Gasteiger partial charge in [0.15, 0.2) is 5.82 Å². The van der Waals surface area contributed by atoms with Gasteiger partial charge in [-0.1, -0.05) is 11.6 Å².